The monoisotopic (exact) mass is 347 g/mol. The second-order valence-electron chi connectivity index (χ2n) is 6.81. The van der Waals surface area contributed by atoms with E-state index in [2.05, 4.69) is 62.9 Å². The van der Waals surface area contributed by atoms with Crippen molar-refractivity contribution < 1.29 is 0 Å². The SMILES string of the molecule is CC=C[Si](CC)(CC)CCCc1ccc(-c2ccc(C#N)cc2)cc1. The molecule has 0 fully saturated rings. The van der Waals surface area contributed by atoms with Crippen LogP contribution >= 0.6 is 0 Å². The fourth-order valence-corrected chi connectivity index (χ4v) is 6.95. The molecule has 2 heteroatoms. The van der Waals surface area contributed by atoms with Gasteiger partial charge < -0.3 is 0 Å². The molecule has 2 aromatic carbocycles. The van der Waals surface area contributed by atoms with E-state index in [0.29, 0.717) is 5.56 Å². The molecule has 0 saturated carbocycles. The van der Waals surface area contributed by atoms with Crippen LogP contribution in [0.1, 0.15) is 38.3 Å². The zero-order chi connectivity index (χ0) is 18.1. The maximum absolute atomic E-state index is 8.89. The van der Waals surface area contributed by atoms with E-state index in [4.69, 9.17) is 5.26 Å². The van der Waals surface area contributed by atoms with Crippen molar-refractivity contribution in [3.8, 4) is 17.2 Å². The zero-order valence-corrected chi connectivity index (χ0v) is 16.8. The number of rotatable bonds is 8. The first-order chi connectivity index (χ1) is 12.2. The summed E-state index contributed by atoms with van der Waals surface area (Å²) in [6, 6.07) is 23.0. The summed E-state index contributed by atoms with van der Waals surface area (Å²) in [6.45, 7) is 6.89. The highest BCUT2D eigenvalue weighted by Crippen LogP contribution is 2.26. The molecule has 2 aromatic rings. The smallest absolute Gasteiger partial charge is 0.0991 e. The van der Waals surface area contributed by atoms with Gasteiger partial charge in [-0.15, -0.1) is 0 Å². The molecule has 0 saturated heterocycles. The summed E-state index contributed by atoms with van der Waals surface area (Å²) in [5.41, 5.74) is 7.06. The maximum atomic E-state index is 8.89. The molecule has 1 nitrogen and oxygen atoms in total. The van der Waals surface area contributed by atoms with Gasteiger partial charge in [0.25, 0.3) is 0 Å². The van der Waals surface area contributed by atoms with E-state index in [9.17, 15) is 0 Å². The average Bonchev–Trinajstić information content (AvgIpc) is 2.68. The van der Waals surface area contributed by atoms with Crippen LogP contribution in [-0.2, 0) is 6.42 Å². The van der Waals surface area contributed by atoms with E-state index in [-0.39, 0.29) is 0 Å². The molecule has 0 heterocycles. The van der Waals surface area contributed by atoms with E-state index in [1.165, 1.54) is 47.7 Å². The molecular weight excluding hydrogens is 318 g/mol. The van der Waals surface area contributed by atoms with Gasteiger partial charge in [-0.25, -0.2) is 0 Å². The lowest BCUT2D eigenvalue weighted by molar-refractivity contribution is 0.893. The molecule has 0 spiro atoms. The number of nitrogens with zero attached hydrogens (tertiary/aromatic N) is 1. The summed E-state index contributed by atoms with van der Waals surface area (Å²) >= 11 is 0. The Kier molecular flexibility index (Phi) is 7.22. The Hall–Kier alpha value is -2.11. The van der Waals surface area contributed by atoms with Crippen LogP contribution in [0.15, 0.2) is 60.3 Å². The summed E-state index contributed by atoms with van der Waals surface area (Å²) < 4.78 is 0. The molecule has 0 aliphatic rings. The van der Waals surface area contributed by atoms with Gasteiger partial charge in [0.1, 0.15) is 0 Å². The fourth-order valence-electron chi connectivity index (χ4n) is 3.52. The number of hydrogen-bond donors (Lipinski definition) is 0. The lowest BCUT2D eigenvalue weighted by Crippen LogP contribution is -2.29. The summed E-state index contributed by atoms with van der Waals surface area (Å²) in [5.74, 6) is 0. The van der Waals surface area contributed by atoms with E-state index >= 15 is 0 Å². The van der Waals surface area contributed by atoms with Gasteiger partial charge in [0.15, 0.2) is 0 Å². The van der Waals surface area contributed by atoms with E-state index < -0.39 is 8.07 Å². The van der Waals surface area contributed by atoms with Gasteiger partial charge in [0.05, 0.1) is 19.7 Å². The summed E-state index contributed by atoms with van der Waals surface area (Å²) in [4.78, 5) is 0. The van der Waals surface area contributed by atoms with Crippen LogP contribution in [-0.4, -0.2) is 8.07 Å². The Morgan fingerprint density at radius 1 is 0.920 bits per heavy atom. The highest BCUT2D eigenvalue weighted by molar-refractivity contribution is 6.84. The summed E-state index contributed by atoms with van der Waals surface area (Å²) in [7, 11) is -1.18. The van der Waals surface area contributed by atoms with Crippen molar-refractivity contribution in [1.82, 2.24) is 0 Å². The topological polar surface area (TPSA) is 23.8 Å². The Bertz CT molecular complexity index is 716. The minimum absolute atomic E-state index is 0.709. The van der Waals surface area contributed by atoms with Gasteiger partial charge in [0, 0.05) is 0 Å². The highest BCUT2D eigenvalue weighted by atomic mass is 28.3. The molecule has 0 amide bonds. The highest BCUT2D eigenvalue weighted by Gasteiger charge is 2.24. The largest absolute Gasteiger partial charge is 0.192 e. The predicted molar refractivity (Wildman–Crippen MR) is 111 cm³/mol. The molecular formula is C23H29NSi. The van der Waals surface area contributed by atoms with Crippen molar-refractivity contribution >= 4 is 8.07 Å². The minimum Gasteiger partial charge on any atom is -0.192 e. The maximum Gasteiger partial charge on any atom is 0.0991 e. The van der Waals surface area contributed by atoms with E-state index in [0.717, 1.165) is 0 Å². The fraction of sp³-hybridized carbons (Fsp3) is 0.348. The molecule has 0 radical (unpaired) electrons. The van der Waals surface area contributed by atoms with Gasteiger partial charge in [-0.2, -0.15) is 5.26 Å². The molecule has 2 rings (SSSR count). The molecule has 25 heavy (non-hydrogen) atoms. The first kappa shape index (κ1) is 19.2. The van der Waals surface area contributed by atoms with Crippen molar-refractivity contribution in [3.05, 3.63) is 71.4 Å². The molecule has 0 N–H and O–H groups in total. The van der Waals surface area contributed by atoms with Crippen molar-refractivity contribution in [2.24, 2.45) is 0 Å². The van der Waals surface area contributed by atoms with Crippen LogP contribution < -0.4 is 0 Å². The third-order valence-electron chi connectivity index (χ3n) is 5.37. The van der Waals surface area contributed by atoms with E-state index in [1.807, 2.05) is 24.3 Å². The van der Waals surface area contributed by atoms with Gasteiger partial charge in [-0.05, 0) is 42.2 Å². The molecule has 0 aliphatic carbocycles. The number of benzene rings is 2. The molecule has 0 aliphatic heterocycles. The lowest BCUT2D eigenvalue weighted by atomic mass is 10.0. The Morgan fingerprint density at radius 3 is 1.96 bits per heavy atom. The minimum atomic E-state index is -1.18. The molecule has 0 bridgehead atoms. The van der Waals surface area contributed by atoms with Gasteiger partial charge in [0.2, 0.25) is 0 Å². The second-order valence-corrected chi connectivity index (χ2v) is 11.8. The van der Waals surface area contributed by atoms with Crippen LogP contribution in [0.5, 0.6) is 0 Å². The van der Waals surface area contributed by atoms with Crippen LogP contribution in [0.4, 0.5) is 0 Å². The number of nitriles is 1. The van der Waals surface area contributed by atoms with Crippen molar-refractivity contribution in [1.29, 1.82) is 5.26 Å². The Balaban J connectivity index is 1.97. The van der Waals surface area contributed by atoms with Crippen molar-refractivity contribution in [2.75, 3.05) is 0 Å². The van der Waals surface area contributed by atoms with E-state index in [1.54, 1.807) is 0 Å². The molecule has 0 unspecified atom stereocenters. The first-order valence-electron chi connectivity index (χ1n) is 9.39. The lowest BCUT2D eigenvalue weighted by Gasteiger charge is -2.25. The van der Waals surface area contributed by atoms with Crippen LogP contribution in [0.2, 0.25) is 18.1 Å². The summed E-state index contributed by atoms with van der Waals surface area (Å²) in [5, 5.41) is 8.89. The first-order valence-corrected chi connectivity index (χ1v) is 12.1. The van der Waals surface area contributed by atoms with Crippen LogP contribution in [0, 0.1) is 11.3 Å². The number of hydrogen-bond acceptors (Lipinski definition) is 1. The van der Waals surface area contributed by atoms with Crippen molar-refractivity contribution in [2.45, 2.75) is 51.7 Å². The van der Waals surface area contributed by atoms with Crippen molar-refractivity contribution in [3.63, 3.8) is 0 Å². The summed E-state index contributed by atoms with van der Waals surface area (Å²) in [6.07, 6.45) is 4.72. The molecule has 0 aromatic heterocycles. The number of aryl methyl sites for hydroxylation is 1. The third kappa shape index (κ3) is 5.18. The Labute approximate surface area is 154 Å². The van der Waals surface area contributed by atoms with Gasteiger partial charge in [-0.1, -0.05) is 86.6 Å². The normalized spacial score (nSPS) is 11.6. The quantitative estimate of drug-likeness (QED) is 0.484. The van der Waals surface area contributed by atoms with Crippen LogP contribution in [0.25, 0.3) is 11.1 Å². The Morgan fingerprint density at radius 2 is 1.48 bits per heavy atom. The van der Waals surface area contributed by atoms with Crippen LogP contribution in [0.3, 0.4) is 0 Å². The second kappa shape index (κ2) is 9.39. The van der Waals surface area contributed by atoms with Gasteiger partial charge >= 0.3 is 0 Å². The molecule has 0 atom stereocenters. The third-order valence-corrected chi connectivity index (χ3v) is 10.6. The predicted octanol–water partition coefficient (Wildman–Crippen LogP) is 6.76. The average molecular weight is 348 g/mol. The zero-order valence-electron chi connectivity index (χ0n) is 15.8. The standard InChI is InChI=1S/C23H29NSi/c1-4-17-25(5-2,6-3)18-7-8-20-9-13-22(14-10-20)23-15-11-21(19-24)12-16-23/h4,9-17H,5-8,18H2,1-3H3. The molecule has 130 valence electrons. The number of allylic oxidation sites excluding steroid dienone is 1. The van der Waals surface area contributed by atoms with Gasteiger partial charge in [-0.3, -0.25) is 0 Å².